The second-order valence-electron chi connectivity index (χ2n) is 6.65. The Labute approximate surface area is 149 Å². The van der Waals surface area contributed by atoms with Gasteiger partial charge >= 0.3 is 0 Å². The molecule has 0 aliphatic carbocycles. The number of nitrogens with one attached hydrogen (secondary N) is 1. The molecular weight excluding hydrogens is 320 g/mol. The molecule has 138 valence electrons. The molecule has 0 spiro atoms. The summed E-state index contributed by atoms with van der Waals surface area (Å²) >= 11 is 0. The number of morpholine rings is 1. The van der Waals surface area contributed by atoms with E-state index in [1.54, 1.807) is 7.11 Å². The molecule has 2 atom stereocenters. The van der Waals surface area contributed by atoms with E-state index in [4.69, 9.17) is 14.2 Å². The molecule has 1 N–H and O–H groups in total. The third kappa shape index (κ3) is 5.17. The number of para-hydroxylation sites is 1. The van der Waals surface area contributed by atoms with E-state index >= 15 is 0 Å². The smallest absolute Gasteiger partial charge is 0.224 e. The number of carbonyl (C=O) groups excluding carboxylic acids is 1. The predicted octanol–water partition coefficient (Wildman–Crippen LogP) is 1.58. The van der Waals surface area contributed by atoms with E-state index in [-0.39, 0.29) is 18.1 Å². The second-order valence-corrected chi connectivity index (χ2v) is 6.65. The summed E-state index contributed by atoms with van der Waals surface area (Å²) in [6, 6.07) is 7.95. The summed E-state index contributed by atoms with van der Waals surface area (Å²) in [5, 5.41) is 3.36. The van der Waals surface area contributed by atoms with Crippen LogP contribution in [0.25, 0.3) is 0 Å². The normalized spacial score (nSPS) is 23.4. The van der Waals surface area contributed by atoms with Crippen molar-refractivity contribution in [2.75, 3.05) is 40.0 Å². The van der Waals surface area contributed by atoms with Crippen molar-refractivity contribution in [3.8, 4) is 5.75 Å². The highest BCUT2D eigenvalue weighted by molar-refractivity contribution is 5.77. The van der Waals surface area contributed by atoms with Gasteiger partial charge in [0.05, 0.1) is 26.4 Å². The summed E-state index contributed by atoms with van der Waals surface area (Å²) in [4.78, 5) is 14.8. The zero-order valence-electron chi connectivity index (χ0n) is 14.9. The number of methoxy groups -OCH3 is 1. The number of amides is 1. The van der Waals surface area contributed by atoms with Gasteiger partial charge in [-0.2, -0.15) is 0 Å². The van der Waals surface area contributed by atoms with Gasteiger partial charge in [0, 0.05) is 44.3 Å². The van der Waals surface area contributed by atoms with Crippen molar-refractivity contribution in [3.63, 3.8) is 0 Å². The van der Waals surface area contributed by atoms with Gasteiger partial charge in [-0.15, -0.1) is 0 Å². The van der Waals surface area contributed by atoms with E-state index < -0.39 is 0 Å². The van der Waals surface area contributed by atoms with E-state index in [0.717, 1.165) is 37.3 Å². The minimum atomic E-state index is 0.0888. The molecule has 1 amide bonds. The van der Waals surface area contributed by atoms with E-state index in [9.17, 15) is 4.79 Å². The molecule has 2 fully saturated rings. The highest BCUT2D eigenvalue weighted by Gasteiger charge is 2.26. The summed E-state index contributed by atoms with van der Waals surface area (Å²) in [5.74, 6) is 0.941. The summed E-state index contributed by atoms with van der Waals surface area (Å²) in [6.07, 6.45) is 2.66. The quantitative estimate of drug-likeness (QED) is 0.811. The molecule has 1 aromatic carbocycles. The topological polar surface area (TPSA) is 60.0 Å². The van der Waals surface area contributed by atoms with Crippen molar-refractivity contribution in [2.24, 2.45) is 0 Å². The number of ether oxygens (including phenoxy) is 3. The molecule has 2 saturated heterocycles. The summed E-state index contributed by atoms with van der Waals surface area (Å²) in [7, 11) is 1.66. The van der Waals surface area contributed by atoms with Crippen LogP contribution in [-0.2, 0) is 20.8 Å². The van der Waals surface area contributed by atoms with Crippen LogP contribution in [0.3, 0.4) is 0 Å². The third-order valence-electron chi connectivity index (χ3n) is 4.77. The van der Waals surface area contributed by atoms with Crippen LogP contribution in [0.15, 0.2) is 24.3 Å². The van der Waals surface area contributed by atoms with Crippen molar-refractivity contribution in [1.29, 1.82) is 0 Å². The Balaban J connectivity index is 1.68. The molecule has 2 aliphatic heterocycles. The van der Waals surface area contributed by atoms with E-state index in [1.807, 2.05) is 29.2 Å². The molecule has 0 aromatic heterocycles. The first kappa shape index (κ1) is 18.2. The maximum absolute atomic E-state index is 12.9. The zero-order chi connectivity index (χ0) is 17.5. The van der Waals surface area contributed by atoms with Gasteiger partial charge in [0.25, 0.3) is 0 Å². The number of carbonyl (C=O) groups is 1. The fourth-order valence-corrected chi connectivity index (χ4v) is 3.42. The standard InChI is InChI=1S/C19H28N2O4/c1-23-18-7-3-2-5-15(18)12-21(13-17-6-4-9-25-17)19(22)11-16-14-24-10-8-20-16/h2-3,5,7,16-17,20H,4,6,8-14H2,1H3. The SMILES string of the molecule is COc1ccccc1CN(CC1CCCO1)C(=O)CC1COCCN1. The van der Waals surface area contributed by atoms with Crippen molar-refractivity contribution in [1.82, 2.24) is 10.2 Å². The summed E-state index contributed by atoms with van der Waals surface area (Å²) in [6.45, 7) is 4.07. The van der Waals surface area contributed by atoms with Crippen molar-refractivity contribution >= 4 is 5.91 Å². The van der Waals surface area contributed by atoms with Crippen LogP contribution >= 0.6 is 0 Å². The maximum atomic E-state index is 12.9. The van der Waals surface area contributed by atoms with E-state index in [1.165, 1.54) is 0 Å². The molecule has 0 bridgehead atoms. The molecule has 6 heteroatoms. The van der Waals surface area contributed by atoms with Gasteiger partial charge in [-0.25, -0.2) is 0 Å². The van der Waals surface area contributed by atoms with Gasteiger partial charge in [0.2, 0.25) is 5.91 Å². The molecular formula is C19H28N2O4. The molecule has 0 saturated carbocycles. The van der Waals surface area contributed by atoms with E-state index in [2.05, 4.69) is 5.32 Å². The van der Waals surface area contributed by atoms with Gasteiger partial charge in [0.1, 0.15) is 5.75 Å². The molecule has 2 unspecified atom stereocenters. The zero-order valence-corrected chi connectivity index (χ0v) is 14.9. The first-order valence-corrected chi connectivity index (χ1v) is 9.08. The number of benzene rings is 1. The van der Waals surface area contributed by atoms with Gasteiger partial charge in [0.15, 0.2) is 0 Å². The lowest BCUT2D eigenvalue weighted by molar-refractivity contribution is -0.134. The van der Waals surface area contributed by atoms with Crippen LogP contribution < -0.4 is 10.1 Å². The summed E-state index contributed by atoms with van der Waals surface area (Å²) in [5.41, 5.74) is 1.02. The molecule has 2 aliphatic rings. The van der Waals surface area contributed by atoms with Crippen molar-refractivity contribution < 1.29 is 19.0 Å². The van der Waals surface area contributed by atoms with Crippen LogP contribution in [0.1, 0.15) is 24.8 Å². The number of nitrogens with zero attached hydrogens (tertiary/aromatic N) is 1. The highest BCUT2D eigenvalue weighted by atomic mass is 16.5. The lowest BCUT2D eigenvalue weighted by Crippen LogP contribution is -2.46. The Hall–Kier alpha value is -1.63. The fourth-order valence-electron chi connectivity index (χ4n) is 3.42. The Bertz CT molecular complexity index is 554. The van der Waals surface area contributed by atoms with Gasteiger partial charge in [-0.3, -0.25) is 4.79 Å². The molecule has 3 rings (SSSR count). The average Bonchev–Trinajstić information content (AvgIpc) is 3.15. The lowest BCUT2D eigenvalue weighted by atomic mass is 10.1. The molecule has 2 heterocycles. The molecule has 25 heavy (non-hydrogen) atoms. The number of hydrogen-bond acceptors (Lipinski definition) is 5. The summed E-state index contributed by atoms with van der Waals surface area (Å²) < 4.78 is 16.7. The van der Waals surface area contributed by atoms with Crippen LogP contribution in [0, 0.1) is 0 Å². The maximum Gasteiger partial charge on any atom is 0.224 e. The van der Waals surface area contributed by atoms with Gasteiger partial charge < -0.3 is 24.4 Å². The largest absolute Gasteiger partial charge is 0.496 e. The first-order valence-electron chi connectivity index (χ1n) is 9.08. The highest BCUT2D eigenvalue weighted by Crippen LogP contribution is 2.22. The predicted molar refractivity (Wildman–Crippen MR) is 94.6 cm³/mol. The third-order valence-corrected chi connectivity index (χ3v) is 4.77. The first-order chi connectivity index (χ1) is 12.3. The Morgan fingerprint density at radius 2 is 2.24 bits per heavy atom. The molecule has 1 aromatic rings. The Kier molecular flexibility index (Phi) is 6.67. The van der Waals surface area contributed by atoms with Crippen LogP contribution in [0.2, 0.25) is 0 Å². The second kappa shape index (κ2) is 9.17. The minimum absolute atomic E-state index is 0.0888. The van der Waals surface area contributed by atoms with E-state index in [0.29, 0.717) is 32.7 Å². The number of rotatable bonds is 7. The van der Waals surface area contributed by atoms with Crippen LogP contribution in [0.4, 0.5) is 0 Å². The van der Waals surface area contributed by atoms with Crippen LogP contribution in [0.5, 0.6) is 5.75 Å². The van der Waals surface area contributed by atoms with Crippen LogP contribution in [-0.4, -0.2) is 63.0 Å². The van der Waals surface area contributed by atoms with Gasteiger partial charge in [-0.1, -0.05) is 18.2 Å². The minimum Gasteiger partial charge on any atom is -0.496 e. The monoisotopic (exact) mass is 348 g/mol. The van der Waals surface area contributed by atoms with Crippen molar-refractivity contribution in [3.05, 3.63) is 29.8 Å². The Morgan fingerprint density at radius 3 is 2.96 bits per heavy atom. The number of hydrogen-bond donors (Lipinski definition) is 1. The van der Waals surface area contributed by atoms with Crippen molar-refractivity contribution in [2.45, 2.75) is 38.0 Å². The lowest BCUT2D eigenvalue weighted by Gasteiger charge is -2.29. The average molecular weight is 348 g/mol. The molecule has 0 radical (unpaired) electrons. The molecule has 6 nitrogen and oxygen atoms in total. The fraction of sp³-hybridized carbons (Fsp3) is 0.632. The van der Waals surface area contributed by atoms with Gasteiger partial charge in [-0.05, 0) is 18.9 Å². The Morgan fingerprint density at radius 1 is 1.36 bits per heavy atom.